The van der Waals surface area contributed by atoms with E-state index in [0.29, 0.717) is 12.1 Å². The van der Waals surface area contributed by atoms with Crippen molar-refractivity contribution in [1.82, 2.24) is 5.32 Å². The third-order valence-electron chi connectivity index (χ3n) is 5.42. The summed E-state index contributed by atoms with van der Waals surface area (Å²) >= 11 is 1.87. The molecule has 2 heteroatoms. The Balaban J connectivity index is 1.55. The first-order valence-corrected chi connectivity index (χ1v) is 9.05. The van der Waals surface area contributed by atoms with Gasteiger partial charge in [0.15, 0.2) is 0 Å². The molecule has 1 aromatic carbocycles. The fraction of sp³-hybridized carbons (Fsp3) is 0.474. The van der Waals surface area contributed by atoms with Crippen LogP contribution in [0, 0.1) is 11.8 Å². The van der Waals surface area contributed by atoms with Crippen LogP contribution in [-0.2, 0) is 12.8 Å². The van der Waals surface area contributed by atoms with E-state index in [1.54, 1.807) is 11.1 Å². The summed E-state index contributed by atoms with van der Waals surface area (Å²) in [5, 5.41) is 6.15. The van der Waals surface area contributed by atoms with Crippen LogP contribution >= 0.6 is 11.3 Å². The predicted molar refractivity (Wildman–Crippen MR) is 89.7 cm³/mol. The Morgan fingerprint density at radius 1 is 1.00 bits per heavy atom. The number of benzene rings is 1. The van der Waals surface area contributed by atoms with Gasteiger partial charge < -0.3 is 5.32 Å². The zero-order chi connectivity index (χ0) is 14.2. The molecular formula is C19H23NS. The first-order chi connectivity index (χ1) is 10.3. The molecule has 2 aromatic rings. The molecule has 21 heavy (non-hydrogen) atoms. The Morgan fingerprint density at radius 3 is 2.24 bits per heavy atom. The van der Waals surface area contributed by atoms with Gasteiger partial charge >= 0.3 is 0 Å². The molecule has 0 aliphatic heterocycles. The molecule has 0 spiro atoms. The normalized spacial score (nSPS) is 28.9. The highest BCUT2D eigenvalue weighted by Gasteiger charge is 2.39. The first kappa shape index (κ1) is 13.5. The van der Waals surface area contributed by atoms with Crippen molar-refractivity contribution >= 4 is 11.3 Å². The second kappa shape index (κ2) is 5.58. The van der Waals surface area contributed by atoms with Crippen molar-refractivity contribution in [3.05, 3.63) is 57.8 Å². The van der Waals surface area contributed by atoms with Crippen molar-refractivity contribution in [2.24, 2.45) is 11.8 Å². The largest absolute Gasteiger partial charge is 0.306 e. The molecule has 1 heterocycles. The molecular weight excluding hydrogens is 274 g/mol. The Labute approximate surface area is 131 Å². The molecule has 1 nitrogen and oxygen atoms in total. The van der Waals surface area contributed by atoms with Gasteiger partial charge in [-0.2, -0.15) is 0 Å². The van der Waals surface area contributed by atoms with E-state index in [2.05, 4.69) is 54.0 Å². The minimum atomic E-state index is 0.485. The molecule has 0 radical (unpaired) electrons. The lowest BCUT2D eigenvalue weighted by Gasteiger charge is -2.27. The molecule has 1 N–H and O–H groups in total. The zero-order valence-electron chi connectivity index (χ0n) is 12.6. The zero-order valence-corrected chi connectivity index (χ0v) is 13.4. The summed E-state index contributed by atoms with van der Waals surface area (Å²) in [6.45, 7) is 2.32. The second-order valence-electron chi connectivity index (χ2n) is 6.70. The van der Waals surface area contributed by atoms with Gasteiger partial charge in [-0.05, 0) is 67.0 Å². The summed E-state index contributed by atoms with van der Waals surface area (Å²) in [6, 6.07) is 14.7. The fourth-order valence-corrected chi connectivity index (χ4v) is 5.08. The van der Waals surface area contributed by atoms with E-state index in [9.17, 15) is 0 Å². The molecule has 0 amide bonds. The van der Waals surface area contributed by atoms with Crippen LogP contribution in [0.1, 0.15) is 41.8 Å². The van der Waals surface area contributed by atoms with Crippen LogP contribution < -0.4 is 5.32 Å². The van der Waals surface area contributed by atoms with Crippen molar-refractivity contribution in [2.45, 2.75) is 44.7 Å². The molecule has 4 rings (SSSR count). The van der Waals surface area contributed by atoms with Gasteiger partial charge in [-0.25, -0.2) is 0 Å². The maximum Gasteiger partial charge on any atom is 0.0388 e. The lowest BCUT2D eigenvalue weighted by molar-refractivity contribution is 0.316. The van der Waals surface area contributed by atoms with Gasteiger partial charge in [-0.15, -0.1) is 11.3 Å². The number of fused-ring (bicyclic) bond motifs is 3. The average Bonchev–Trinajstić information content (AvgIpc) is 3.08. The monoisotopic (exact) mass is 297 g/mol. The number of thiophene rings is 1. The van der Waals surface area contributed by atoms with Gasteiger partial charge in [0.25, 0.3) is 0 Å². The van der Waals surface area contributed by atoms with Gasteiger partial charge in [-0.3, -0.25) is 0 Å². The van der Waals surface area contributed by atoms with Crippen LogP contribution in [0.15, 0.2) is 41.8 Å². The first-order valence-electron chi connectivity index (χ1n) is 8.17. The van der Waals surface area contributed by atoms with E-state index in [1.807, 2.05) is 11.3 Å². The number of rotatable bonds is 3. The van der Waals surface area contributed by atoms with Crippen LogP contribution in [-0.4, -0.2) is 6.04 Å². The Bertz CT molecular complexity index is 571. The van der Waals surface area contributed by atoms with Gasteiger partial charge in [0.05, 0.1) is 0 Å². The van der Waals surface area contributed by atoms with E-state index in [-0.39, 0.29) is 0 Å². The molecule has 2 bridgehead atoms. The maximum absolute atomic E-state index is 3.97. The second-order valence-corrected chi connectivity index (χ2v) is 7.68. The molecule has 3 atom stereocenters. The highest BCUT2D eigenvalue weighted by Crippen LogP contribution is 2.41. The average molecular weight is 297 g/mol. The standard InChI is InChI=1S/C19H23NS/c1-13(18-7-4-10-21-18)20-19-16-8-9-17(19)12-15-6-3-2-5-14(15)11-16/h2-7,10,13,16-17,19-20H,8-9,11-12H2,1H3/t13-,16?,17?,19?/m0/s1. The molecule has 110 valence electrons. The number of hydrogen-bond donors (Lipinski definition) is 1. The summed E-state index contributed by atoms with van der Waals surface area (Å²) in [6.07, 6.45) is 5.32. The molecule has 2 aliphatic carbocycles. The third kappa shape index (κ3) is 2.56. The van der Waals surface area contributed by atoms with E-state index < -0.39 is 0 Å². The van der Waals surface area contributed by atoms with Crippen LogP contribution in [0.25, 0.3) is 0 Å². The van der Waals surface area contributed by atoms with Crippen LogP contribution in [0.3, 0.4) is 0 Å². The number of nitrogens with one attached hydrogen (secondary N) is 1. The van der Waals surface area contributed by atoms with Crippen molar-refractivity contribution < 1.29 is 0 Å². The molecule has 2 unspecified atom stereocenters. The minimum absolute atomic E-state index is 0.485. The van der Waals surface area contributed by atoms with E-state index >= 15 is 0 Å². The topological polar surface area (TPSA) is 12.0 Å². The van der Waals surface area contributed by atoms with Gasteiger partial charge in [-0.1, -0.05) is 30.3 Å². The fourth-order valence-electron chi connectivity index (χ4n) is 4.33. The van der Waals surface area contributed by atoms with Crippen molar-refractivity contribution in [2.75, 3.05) is 0 Å². The van der Waals surface area contributed by atoms with Crippen LogP contribution in [0.2, 0.25) is 0 Å². The Hall–Kier alpha value is -1.12. The highest BCUT2D eigenvalue weighted by atomic mass is 32.1. The van der Waals surface area contributed by atoms with Crippen molar-refractivity contribution in [1.29, 1.82) is 0 Å². The van der Waals surface area contributed by atoms with Crippen LogP contribution in [0.5, 0.6) is 0 Å². The molecule has 1 saturated carbocycles. The van der Waals surface area contributed by atoms with E-state index in [0.717, 1.165) is 11.8 Å². The molecule has 1 fully saturated rings. The van der Waals surface area contributed by atoms with Gasteiger partial charge in [0.1, 0.15) is 0 Å². The maximum atomic E-state index is 3.97. The highest BCUT2D eigenvalue weighted by molar-refractivity contribution is 7.10. The predicted octanol–water partition coefficient (Wildman–Crippen LogP) is 4.59. The number of hydrogen-bond acceptors (Lipinski definition) is 2. The van der Waals surface area contributed by atoms with Crippen LogP contribution in [0.4, 0.5) is 0 Å². The quantitative estimate of drug-likeness (QED) is 0.873. The molecule has 0 saturated heterocycles. The summed E-state index contributed by atoms with van der Waals surface area (Å²) in [5.41, 5.74) is 3.19. The molecule has 1 aromatic heterocycles. The minimum Gasteiger partial charge on any atom is -0.306 e. The Kier molecular flexibility index (Phi) is 3.60. The van der Waals surface area contributed by atoms with Gasteiger partial charge in [0, 0.05) is 17.0 Å². The lowest BCUT2D eigenvalue weighted by atomic mass is 9.94. The summed E-state index contributed by atoms with van der Waals surface area (Å²) < 4.78 is 0. The van der Waals surface area contributed by atoms with Crippen molar-refractivity contribution in [3.8, 4) is 0 Å². The summed E-state index contributed by atoms with van der Waals surface area (Å²) in [4.78, 5) is 1.47. The smallest absolute Gasteiger partial charge is 0.0388 e. The van der Waals surface area contributed by atoms with Crippen molar-refractivity contribution in [3.63, 3.8) is 0 Å². The summed E-state index contributed by atoms with van der Waals surface area (Å²) in [7, 11) is 0. The van der Waals surface area contributed by atoms with Gasteiger partial charge in [0.2, 0.25) is 0 Å². The SMILES string of the molecule is C[C@H](NC1C2CCC1Cc1ccccc1C2)c1cccs1. The molecule has 2 aliphatic rings. The van der Waals surface area contributed by atoms with E-state index in [4.69, 9.17) is 0 Å². The summed E-state index contributed by atoms with van der Waals surface area (Å²) in [5.74, 6) is 1.64. The lowest BCUT2D eigenvalue weighted by Crippen LogP contribution is -2.39. The Morgan fingerprint density at radius 2 is 1.67 bits per heavy atom. The third-order valence-corrected chi connectivity index (χ3v) is 6.47. The van der Waals surface area contributed by atoms with E-state index in [1.165, 1.54) is 30.6 Å².